The number of ketones is 1. The minimum absolute atomic E-state index is 0.0265. The fraction of sp³-hybridized carbons (Fsp3) is 0.0833. The van der Waals surface area contributed by atoms with Gasteiger partial charge < -0.3 is 14.6 Å². The Morgan fingerprint density at radius 1 is 0.862 bits per heavy atom. The lowest BCUT2D eigenvalue weighted by Gasteiger charge is -2.18. The van der Waals surface area contributed by atoms with E-state index < -0.39 is 11.5 Å². The predicted octanol–water partition coefficient (Wildman–Crippen LogP) is 4.61. The Kier molecular flexibility index (Phi) is 4.87. The predicted molar refractivity (Wildman–Crippen MR) is 109 cm³/mol. The number of Topliss-reactive ketones (excluding diaryl/α,β-unsaturated/α-hetero) is 1. The standard InChI is InChI=1S/C24H18O5/c25-19-12-6-4-10-16(19)20(26)14-18(15-8-2-1-3-9-15)22-23(27)17-11-5-7-13-21(17)29-24(22)28/h1-13,18,25,27H,14H2. The van der Waals surface area contributed by atoms with Crippen molar-refractivity contribution < 1.29 is 19.4 Å². The molecule has 0 aliphatic rings. The number of phenolic OH excluding ortho intramolecular Hbond substituents is 1. The van der Waals surface area contributed by atoms with Crippen LogP contribution in [0.1, 0.15) is 33.8 Å². The molecule has 0 aliphatic carbocycles. The number of hydrogen-bond acceptors (Lipinski definition) is 5. The summed E-state index contributed by atoms with van der Waals surface area (Å²) >= 11 is 0. The molecular weight excluding hydrogens is 368 g/mol. The van der Waals surface area contributed by atoms with Gasteiger partial charge in [0.05, 0.1) is 16.5 Å². The van der Waals surface area contributed by atoms with E-state index in [4.69, 9.17) is 4.42 Å². The van der Waals surface area contributed by atoms with E-state index in [1.807, 2.05) is 6.07 Å². The third kappa shape index (κ3) is 3.50. The SMILES string of the molecule is O=C(CC(c1ccccc1)c1c(O)c2ccccc2oc1=O)c1ccccc1O. The number of aromatic hydroxyl groups is 2. The van der Waals surface area contributed by atoms with Crippen molar-refractivity contribution in [2.45, 2.75) is 12.3 Å². The number of fused-ring (bicyclic) bond motifs is 1. The second-order valence-electron chi connectivity index (χ2n) is 6.76. The number of carbonyl (C=O) groups is 1. The highest BCUT2D eigenvalue weighted by atomic mass is 16.4. The molecule has 2 N–H and O–H groups in total. The van der Waals surface area contributed by atoms with E-state index in [1.54, 1.807) is 60.7 Å². The average molecular weight is 386 g/mol. The van der Waals surface area contributed by atoms with Crippen LogP contribution in [0.2, 0.25) is 0 Å². The summed E-state index contributed by atoms with van der Waals surface area (Å²) in [5.74, 6) is -1.40. The zero-order chi connectivity index (χ0) is 20.4. The van der Waals surface area contributed by atoms with Crippen molar-refractivity contribution in [2.75, 3.05) is 0 Å². The van der Waals surface area contributed by atoms with Crippen LogP contribution in [0.4, 0.5) is 0 Å². The van der Waals surface area contributed by atoms with Gasteiger partial charge in [-0.15, -0.1) is 0 Å². The molecule has 1 heterocycles. The number of carbonyl (C=O) groups excluding carboxylic acids is 1. The highest BCUT2D eigenvalue weighted by Gasteiger charge is 2.28. The summed E-state index contributed by atoms with van der Waals surface area (Å²) in [6.07, 6.45) is -0.113. The summed E-state index contributed by atoms with van der Waals surface area (Å²) in [6, 6.07) is 22.0. The Hall–Kier alpha value is -3.86. The molecule has 0 aliphatic heterocycles. The Bertz CT molecular complexity index is 1240. The van der Waals surface area contributed by atoms with Gasteiger partial charge in [0.2, 0.25) is 0 Å². The van der Waals surface area contributed by atoms with Gasteiger partial charge in [-0.1, -0.05) is 54.6 Å². The second-order valence-corrected chi connectivity index (χ2v) is 6.76. The van der Waals surface area contributed by atoms with E-state index in [0.717, 1.165) is 0 Å². The van der Waals surface area contributed by atoms with E-state index in [0.29, 0.717) is 10.9 Å². The van der Waals surface area contributed by atoms with Crippen molar-refractivity contribution in [2.24, 2.45) is 0 Å². The molecule has 4 rings (SSSR count). The molecule has 4 aromatic rings. The van der Waals surface area contributed by atoms with Crippen molar-refractivity contribution in [3.05, 3.63) is 106 Å². The molecule has 0 bridgehead atoms. The first-order valence-electron chi connectivity index (χ1n) is 9.17. The molecule has 1 aromatic heterocycles. The van der Waals surface area contributed by atoms with Crippen molar-refractivity contribution in [1.29, 1.82) is 0 Å². The van der Waals surface area contributed by atoms with Crippen molar-refractivity contribution in [3.63, 3.8) is 0 Å². The van der Waals surface area contributed by atoms with Crippen LogP contribution in [0.25, 0.3) is 11.0 Å². The van der Waals surface area contributed by atoms with E-state index in [9.17, 15) is 19.8 Å². The molecule has 0 radical (unpaired) electrons. The van der Waals surface area contributed by atoms with Crippen molar-refractivity contribution >= 4 is 16.8 Å². The molecule has 1 atom stereocenters. The summed E-state index contributed by atoms with van der Waals surface area (Å²) in [5, 5.41) is 21.3. The maximum atomic E-state index is 12.9. The topological polar surface area (TPSA) is 87.7 Å². The smallest absolute Gasteiger partial charge is 0.343 e. The zero-order valence-corrected chi connectivity index (χ0v) is 15.4. The van der Waals surface area contributed by atoms with Crippen LogP contribution in [0.5, 0.6) is 11.5 Å². The molecule has 0 fully saturated rings. The number of rotatable bonds is 5. The molecule has 5 heteroatoms. The summed E-state index contributed by atoms with van der Waals surface area (Å²) in [6.45, 7) is 0. The monoisotopic (exact) mass is 386 g/mol. The molecule has 3 aromatic carbocycles. The summed E-state index contributed by atoms with van der Waals surface area (Å²) in [7, 11) is 0. The molecule has 0 saturated carbocycles. The van der Waals surface area contributed by atoms with E-state index in [1.165, 1.54) is 12.1 Å². The maximum Gasteiger partial charge on any atom is 0.343 e. The Morgan fingerprint density at radius 2 is 1.52 bits per heavy atom. The first-order chi connectivity index (χ1) is 14.1. The van der Waals surface area contributed by atoms with E-state index in [2.05, 4.69) is 0 Å². The fourth-order valence-corrected chi connectivity index (χ4v) is 3.53. The van der Waals surface area contributed by atoms with Crippen molar-refractivity contribution in [1.82, 2.24) is 0 Å². The van der Waals surface area contributed by atoms with Crippen molar-refractivity contribution in [3.8, 4) is 11.5 Å². The molecule has 0 saturated heterocycles. The molecule has 0 spiro atoms. The fourth-order valence-electron chi connectivity index (χ4n) is 3.53. The minimum Gasteiger partial charge on any atom is -0.507 e. The van der Waals surface area contributed by atoms with Gasteiger partial charge in [0, 0.05) is 12.3 Å². The van der Waals surface area contributed by atoms with Crippen LogP contribution in [0.15, 0.2) is 88.1 Å². The van der Waals surface area contributed by atoms with E-state index >= 15 is 0 Å². The normalized spacial score (nSPS) is 12.0. The van der Waals surface area contributed by atoms with Gasteiger partial charge in [-0.2, -0.15) is 0 Å². The third-order valence-corrected chi connectivity index (χ3v) is 4.96. The minimum atomic E-state index is -0.732. The van der Waals surface area contributed by atoms with Gasteiger partial charge in [-0.05, 0) is 29.8 Å². The quantitative estimate of drug-likeness (QED) is 0.386. The number of para-hydroxylation sites is 2. The highest BCUT2D eigenvalue weighted by Crippen LogP contribution is 2.37. The van der Waals surface area contributed by atoms with Gasteiger partial charge >= 0.3 is 5.63 Å². The maximum absolute atomic E-state index is 12.9. The van der Waals surface area contributed by atoms with Gasteiger partial charge in [-0.3, -0.25) is 4.79 Å². The molecular formula is C24H18O5. The van der Waals surface area contributed by atoms with Crippen LogP contribution in [-0.2, 0) is 0 Å². The van der Waals surface area contributed by atoms with E-state index in [-0.39, 0.29) is 40.4 Å². The summed E-state index contributed by atoms with van der Waals surface area (Å²) in [4.78, 5) is 25.7. The number of phenols is 1. The molecule has 144 valence electrons. The highest BCUT2D eigenvalue weighted by molar-refractivity contribution is 5.99. The molecule has 5 nitrogen and oxygen atoms in total. The van der Waals surface area contributed by atoms with Gasteiger partial charge in [0.1, 0.15) is 17.1 Å². The third-order valence-electron chi connectivity index (χ3n) is 4.96. The average Bonchev–Trinajstić information content (AvgIpc) is 2.74. The molecule has 1 unspecified atom stereocenters. The van der Waals surface area contributed by atoms with Gasteiger partial charge in [0.15, 0.2) is 5.78 Å². The molecule has 29 heavy (non-hydrogen) atoms. The van der Waals surface area contributed by atoms with Crippen LogP contribution in [0, 0.1) is 0 Å². The molecule has 0 amide bonds. The Morgan fingerprint density at radius 3 is 2.28 bits per heavy atom. The first-order valence-corrected chi connectivity index (χ1v) is 9.17. The lowest BCUT2D eigenvalue weighted by molar-refractivity contribution is 0.0974. The van der Waals surface area contributed by atoms with Gasteiger partial charge in [-0.25, -0.2) is 4.79 Å². The lowest BCUT2D eigenvalue weighted by Crippen LogP contribution is -2.17. The van der Waals surface area contributed by atoms with Gasteiger partial charge in [0.25, 0.3) is 0 Å². The zero-order valence-electron chi connectivity index (χ0n) is 15.4. The summed E-state index contributed by atoms with van der Waals surface area (Å²) in [5.41, 5.74) is 0.462. The number of hydrogen-bond donors (Lipinski definition) is 2. The largest absolute Gasteiger partial charge is 0.507 e. The second kappa shape index (κ2) is 7.64. The Balaban J connectivity index is 1.87. The first kappa shape index (κ1) is 18.5. The van der Waals surface area contributed by atoms with Crippen LogP contribution in [-0.4, -0.2) is 16.0 Å². The Labute approximate surface area is 166 Å². The summed E-state index contributed by atoms with van der Waals surface area (Å²) < 4.78 is 5.41. The lowest BCUT2D eigenvalue weighted by atomic mass is 9.85. The van der Waals surface area contributed by atoms with Crippen LogP contribution < -0.4 is 5.63 Å². The van der Waals surface area contributed by atoms with Crippen LogP contribution >= 0.6 is 0 Å². The van der Waals surface area contributed by atoms with Crippen LogP contribution in [0.3, 0.4) is 0 Å². The number of benzene rings is 3.